The van der Waals surface area contributed by atoms with Crippen LogP contribution in [0.1, 0.15) is 28.8 Å². The first-order valence-electron chi connectivity index (χ1n) is 8.41. The summed E-state index contributed by atoms with van der Waals surface area (Å²) < 4.78 is 0. The summed E-state index contributed by atoms with van der Waals surface area (Å²) in [6.07, 6.45) is 4.33. The third-order valence-electron chi connectivity index (χ3n) is 4.60. The highest BCUT2D eigenvalue weighted by Crippen LogP contribution is 2.21. The summed E-state index contributed by atoms with van der Waals surface area (Å²) in [7, 11) is 0. The van der Waals surface area contributed by atoms with Crippen LogP contribution in [0.5, 0.6) is 0 Å². The van der Waals surface area contributed by atoms with E-state index in [0.717, 1.165) is 49.5 Å². The average Bonchev–Trinajstić information content (AvgIpc) is 3.14. The second-order valence-corrected chi connectivity index (χ2v) is 7.89. The fraction of sp³-hybridized carbons (Fsp3) is 0.421. The minimum absolute atomic E-state index is 0.0562. The van der Waals surface area contributed by atoms with E-state index in [2.05, 4.69) is 27.0 Å². The van der Waals surface area contributed by atoms with Gasteiger partial charge >= 0.3 is 0 Å². The van der Waals surface area contributed by atoms with Crippen LogP contribution in [0.15, 0.2) is 46.0 Å². The van der Waals surface area contributed by atoms with Crippen molar-refractivity contribution in [3.05, 3.63) is 52.2 Å². The van der Waals surface area contributed by atoms with Gasteiger partial charge in [0.15, 0.2) is 0 Å². The van der Waals surface area contributed by atoms with Crippen LogP contribution in [-0.4, -0.2) is 36.7 Å². The number of benzene rings is 1. The zero-order valence-electron chi connectivity index (χ0n) is 14.0. The molecule has 1 amide bonds. The van der Waals surface area contributed by atoms with Crippen molar-refractivity contribution in [3.63, 3.8) is 0 Å². The summed E-state index contributed by atoms with van der Waals surface area (Å²) in [4.78, 5) is 16.0. The average molecular weight is 361 g/mol. The normalized spacial score (nSPS) is 16.2. The molecule has 1 aliphatic heterocycles. The Bertz CT molecular complexity index is 649. The van der Waals surface area contributed by atoms with Crippen molar-refractivity contribution < 1.29 is 4.79 Å². The fourth-order valence-electron chi connectivity index (χ4n) is 3.15. The summed E-state index contributed by atoms with van der Waals surface area (Å²) in [6, 6.07) is 10.0. The van der Waals surface area contributed by atoms with Gasteiger partial charge in [0.25, 0.3) is 5.91 Å². The fourth-order valence-corrected chi connectivity index (χ4v) is 4.41. The largest absolute Gasteiger partial charge is 0.352 e. The molecule has 3 rings (SSSR count). The molecule has 1 N–H and O–H groups in total. The van der Waals surface area contributed by atoms with Crippen LogP contribution in [0, 0.1) is 5.92 Å². The van der Waals surface area contributed by atoms with Crippen LogP contribution < -0.4 is 5.32 Å². The predicted molar refractivity (Wildman–Crippen MR) is 103 cm³/mol. The second-order valence-electron chi connectivity index (χ2n) is 6.26. The molecule has 0 spiro atoms. The number of nitrogens with zero attached hydrogens (tertiary/aromatic N) is 1. The lowest BCUT2D eigenvalue weighted by molar-refractivity contribution is 0.0932. The lowest BCUT2D eigenvalue weighted by atomic mass is 9.96. The maximum absolute atomic E-state index is 12.4. The van der Waals surface area contributed by atoms with Gasteiger partial charge in [-0.05, 0) is 72.6 Å². The van der Waals surface area contributed by atoms with E-state index >= 15 is 0 Å². The standard InChI is InChI=1S/C19H24N2OS2/c1-23-18-5-3-2-4-17(18)19(22)20-12-15-6-9-21(10-7-15)13-16-8-11-24-14-16/h2-5,8,11,14-15H,6-7,9-10,12-13H2,1H3,(H,20,22). The van der Waals surface area contributed by atoms with Gasteiger partial charge in [-0.3, -0.25) is 9.69 Å². The molecule has 2 heterocycles. The molecule has 0 saturated carbocycles. The van der Waals surface area contributed by atoms with Crippen molar-refractivity contribution in [2.75, 3.05) is 25.9 Å². The summed E-state index contributed by atoms with van der Waals surface area (Å²) in [5, 5.41) is 7.51. The lowest BCUT2D eigenvalue weighted by Crippen LogP contribution is -2.38. The molecule has 1 aliphatic rings. The number of thioether (sulfide) groups is 1. The predicted octanol–water partition coefficient (Wildman–Crippen LogP) is 4.11. The molecule has 24 heavy (non-hydrogen) atoms. The van der Waals surface area contributed by atoms with Gasteiger partial charge in [-0.15, -0.1) is 11.8 Å². The number of amides is 1. The van der Waals surface area contributed by atoms with Crippen molar-refractivity contribution in [2.45, 2.75) is 24.3 Å². The Morgan fingerprint density at radius 3 is 2.79 bits per heavy atom. The van der Waals surface area contributed by atoms with Crippen LogP contribution in [0.25, 0.3) is 0 Å². The zero-order valence-corrected chi connectivity index (χ0v) is 15.7. The number of likely N-dealkylation sites (tertiary alicyclic amines) is 1. The van der Waals surface area contributed by atoms with Crippen molar-refractivity contribution in [1.82, 2.24) is 10.2 Å². The Balaban J connectivity index is 1.44. The first-order chi connectivity index (χ1) is 11.8. The lowest BCUT2D eigenvalue weighted by Gasteiger charge is -2.31. The molecule has 0 bridgehead atoms. The van der Waals surface area contributed by atoms with E-state index in [1.54, 1.807) is 23.1 Å². The summed E-state index contributed by atoms with van der Waals surface area (Å²) >= 11 is 3.39. The summed E-state index contributed by atoms with van der Waals surface area (Å²) in [6.45, 7) is 4.09. The van der Waals surface area contributed by atoms with E-state index in [-0.39, 0.29) is 5.91 Å². The number of carbonyl (C=O) groups excluding carboxylic acids is 1. The second kappa shape index (κ2) is 8.70. The molecule has 0 aliphatic carbocycles. The van der Waals surface area contributed by atoms with Crippen LogP contribution in [-0.2, 0) is 6.54 Å². The highest BCUT2D eigenvalue weighted by Gasteiger charge is 2.20. The van der Waals surface area contributed by atoms with Gasteiger partial charge in [0.2, 0.25) is 0 Å². The Morgan fingerprint density at radius 2 is 2.08 bits per heavy atom. The molecule has 2 aromatic rings. The van der Waals surface area contributed by atoms with E-state index in [0.29, 0.717) is 5.92 Å². The first kappa shape index (κ1) is 17.5. The molecule has 5 heteroatoms. The van der Waals surface area contributed by atoms with Crippen molar-refractivity contribution >= 4 is 29.0 Å². The van der Waals surface area contributed by atoms with E-state index in [1.807, 2.05) is 30.5 Å². The molecule has 0 atom stereocenters. The van der Waals surface area contributed by atoms with Gasteiger partial charge < -0.3 is 5.32 Å². The number of carbonyl (C=O) groups is 1. The molecular weight excluding hydrogens is 336 g/mol. The molecule has 1 aromatic heterocycles. The van der Waals surface area contributed by atoms with E-state index in [4.69, 9.17) is 0 Å². The number of piperidine rings is 1. The molecule has 128 valence electrons. The molecule has 1 saturated heterocycles. The quantitative estimate of drug-likeness (QED) is 0.787. The van der Waals surface area contributed by atoms with Gasteiger partial charge in [0.1, 0.15) is 0 Å². The highest BCUT2D eigenvalue weighted by molar-refractivity contribution is 7.98. The van der Waals surface area contributed by atoms with Crippen molar-refractivity contribution in [2.24, 2.45) is 5.92 Å². The summed E-state index contributed by atoms with van der Waals surface area (Å²) in [5.41, 5.74) is 2.21. The van der Waals surface area contributed by atoms with Gasteiger partial charge in [-0.25, -0.2) is 0 Å². The van der Waals surface area contributed by atoms with E-state index in [1.165, 1.54) is 5.56 Å². The third-order valence-corrected chi connectivity index (χ3v) is 6.12. The zero-order chi connectivity index (χ0) is 16.8. The maximum Gasteiger partial charge on any atom is 0.252 e. The van der Waals surface area contributed by atoms with E-state index < -0.39 is 0 Å². The Hall–Kier alpha value is -1.30. The molecule has 1 aromatic carbocycles. The van der Waals surface area contributed by atoms with Crippen LogP contribution in [0.4, 0.5) is 0 Å². The molecular formula is C19H24N2OS2. The number of nitrogens with one attached hydrogen (secondary N) is 1. The van der Waals surface area contributed by atoms with Gasteiger partial charge in [-0.2, -0.15) is 11.3 Å². The molecule has 0 unspecified atom stereocenters. The van der Waals surface area contributed by atoms with Gasteiger partial charge in [0.05, 0.1) is 5.56 Å². The molecule has 1 fully saturated rings. The Kier molecular flexibility index (Phi) is 6.35. The number of thiophene rings is 1. The van der Waals surface area contributed by atoms with Crippen LogP contribution in [0.3, 0.4) is 0 Å². The minimum Gasteiger partial charge on any atom is -0.352 e. The number of hydrogen-bond acceptors (Lipinski definition) is 4. The Labute approximate surface area is 152 Å². The maximum atomic E-state index is 12.4. The van der Waals surface area contributed by atoms with Gasteiger partial charge in [-0.1, -0.05) is 12.1 Å². The minimum atomic E-state index is 0.0562. The van der Waals surface area contributed by atoms with Crippen LogP contribution >= 0.6 is 23.1 Å². The van der Waals surface area contributed by atoms with Crippen molar-refractivity contribution in [3.8, 4) is 0 Å². The van der Waals surface area contributed by atoms with Crippen molar-refractivity contribution in [1.29, 1.82) is 0 Å². The first-order valence-corrected chi connectivity index (χ1v) is 10.6. The third kappa shape index (κ3) is 4.62. The van der Waals surface area contributed by atoms with E-state index in [9.17, 15) is 4.79 Å². The topological polar surface area (TPSA) is 32.3 Å². The number of hydrogen-bond donors (Lipinski definition) is 1. The smallest absolute Gasteiger partial charge is 0.252 e. The monoisotopic (exact) mass is 360 g/mol. The highest BCUT2D eigenvalue weighted by atomic mass is 32.2. The number of rotatable bonds is 6. The SMILES string of the molecule is CSc1ccccc1C(=O)NCC1CCN(Cc2ccsc2)CC1. The summed E-state index contributed by atoms with van der Waals surface area (Å²) in [5.74, 6) is 0.648. The van der Waals surface area contributed by atoms with Gasteiger partial charge in [0, 0.05) is 18.0 Å². The molecule has 3 nitrogen and oxygen atoms in total. The van der Waals surface area contributed by atoms with Crippen LogP contribution in [0.2, 0.25) is 0 Å². The molecule has 0 radical (unpaired) electrons. The Morgan fingerprint density at radius 1 is 1.29 bits per heavy atom.